The SMILES string of the molecule is CCCCCOc1ccc(OC(=O)Oc2ccc(OCCCCC)cc2)cc1. The number of carbonyl (C=O) groups is 1. The molecular weight excluding hydrogens is 356 g/mol. The Labute approximate surface area is 167 Å². The lowest BCUT2D eigenvalue weighted by atomic mass is 10.3. The first-order valence-electron chi connectivity index (χ1n) is 10.1. The van der Waals surface area contributed by atoms with Gasteiger partial charge in [0.2, 0.25) is 0 Å². The molecule has 2 rings (SSSR count). The van der Waals surface area contributed by atoms with Crippen LogP contribution in [0, 0.1) is 0 Å². The molecule has 0 atom stereocenters. The van der Waals surface area contributed by atoms with Crippen LogP contribution in [0.25, 0.3) is 0 Å². The van der Waals surface area contributed by atoms with Gasteiger partial charge in [0, 0.05) is 0 Å². The van der Waals surface area contributed by atoms with Crippen LogP contribution in [-0.2, 0) is 0 Å². The van der Waals surface area contributed by atoms with Crippen molar-refractivity contribution in [3.8, 4) is 23.0 Å². The highest BCUT2D eigenvalue weighted by molar-refractivity contribution is 5.67. The van der Waals surface area contributed by atoms with Crippen LogP contribution in [0.1, 0.15) is 52.4 Å². The predicted molar refractivity (Wildman–Crippen MR) is 110 cm³/mol. The van der Waals surface area contributed by atoms with E-state index in [2.05, 4.69) is 13.8 Å². The Balaban J connectivity index is 1.74. The first kappa shape index (κ1) is 21.6. The van der Waals surface area contributed by atoms with Crippen LogP contribution >= 0.6 is 0 Å². The third-order valence-corrected chi connectivity index (χ3v) is 4.08. The van der Waals surface area contributed by atoms with Crippen LogP contribution in [0.5, 0.6) is 23.0 Å². The summed E-state index contributed by atoms with van der Waals surface area (Å²) in [5.41, 5.74) is 0. The number of ether oxygens (including phenoxy) is 4. The zero-order valence-corrected chi connectivity index (χ0v) is 16.8. The van der Waals surface area contributed by atoms with Gasteiger partial charge in [-0.25, -0.2) is 4.79 Å². The molecule has 0 aliphatic carbocycles. The van der Waals surface area contributed by atoms with E-state index in [1.165, 1.54) is 0 Å². The van der Waals surface area contributed by atoms with E-state index in [1.807, 2.05) is 0 Å². The second kappa shape index (κ2) is 12.7. The molecule has 5 heteroatoms. The molecule has 2 aromatic carbocycles. The van der Waals surface area contributed by atoms with Crippen LogP contribution < -0.4 is 18.9 Å². The number of unbranched alkanes of at least 4 members (excludes halogenated alkanes) is 4. The molecule has 0 bridgehead atoms. The van der Waals surface area contributed by atoms with Gasteiger partial charge in [-0.1, -0.05) is 39.5 Å². The van der Waals surface area contributed by atoms with E-state index in [1.54, 1.807) is 48.5 Å². The van der Waals surface area contributed by atoms with Gasteiger partial charge in [0.15, 0.2) is 0 Å². The highest BCUT2D eigenvalue weighted by Crippen LogP contribution is 2.21. The number of carbonyl (C=O) groups excluding carboxylic acids is 1. The molecule has 0 heterocycles. The van der Waals surface area contributed by atoms with E-state index < -0.39 is 6.16 Å². The van der Waals surface area contributed by atoms with Gasteiger partial charge in [-0.15, -0.1) is 0 Å². The molecule has 0 amide bonds. The van der Waals surface area contributed by atoms with E-state index in [0.717, 1.165) is 50.0 Å². The van der Waals surface area contributed by atoms with Crippen molar-refractivity contribution in [1.29, 1.82) is 0 Å². The molecule has 0 aromatic heterocycles. The van der Waals surface area contributed by atoms with E-state index in [0.29, 0.717) is 24.7 Å². The summed E-state index contributed by atoms with van der Waals surface area (Å²) in [7, 11) is 0. The fourth-order valence-corrected chi connectivity index (χ4v) is 2.51. The maximum atomic E-state index is 11.9. The summed E-state index contributed by atoms with van der Waals surface area (Å²) in [6, 6.07) is 13.8. The minimum absolute atomic E-state index is 0.404. The largest absolute Gasteiger partial charge is 0.519 e. The molecule has 0 aliphatic rings. The number of benzene rings is 2. The number of hydrogen-bond donors (Lipinski definition) is 0. The number of rotatable bonds is 12. The average Bonchev–Trinajstić information content (AvgIpc) is 2.71. The van der Waals surface area contributed by atoms with Gasteiger partial charge in [0.25, 0.3) is 0 Å². The summed E-state index contributed by atoms with van der Waals surface area (Å²) < 4.78 is 21.6. The second-order valence-electron chi connectivity index (χ2n) is 6.51. The summed E-state index contributed by atoms with van der Waals surface area (Å²) in [6.07, 6.45) is 5.90. The van der Waals surface area contributed by atoms with E-state index >= 15 is 0 Å². The molecule has 0 saturated heterocycles. The molecule has 0 fully saturated rings. The van der Waals surface area contributed by atoms with Crippen molar-refractivity contribution in [2.45, 2.75) is 52.4 Å². The Morgan fingerprint density at radius 1 is 0.607 bits per heavy atom. The summed E-state index contributed by atoms with van der Waals surface area (Å²) >= 11 is 0. The summed E-state index contributed by atoms with van der Waals surface area (Å²) in [5.74, 6) is 2.32. The van der Waals surface area contributed by atoms with Crippen LogP contribution in [0.3, 0.4) is 0 Å². The minimum Gasteiger partial charge on any atom is -0.494 e. The Morgan fingerprint density at radius 3 is 1.32 bits per heavy atom. The maximum Gasteiger partial charge on any atom is 0.519 e. The first-order valence-corrected chi connectivity index (χ1v) is 10.1. The molecule has 0 unspecified atom stereocenters. The zero-order valence-electron chi connectivity index (χ0n) is 16.8. The molecule has 0 aliphatic heterocycles. The lowest BCUT2D eigenvalue weighted by molar-refractivity contribution is 0.151. The Bertz CT molecular complexity index is 620. The van der Waals surface area contributed by atoms with E-state index in [9.17, 15) is 4.79 Å². The first-order chi connectivity index (χ1) is 13.7. The molecule has 0 spiro atoms. The average molecular weight is 386 g/mol. The van der Waals surface area contributed by atoms with Crippen LogP contribution in [0.4, 0.5) is 4.79 Å². The Morgan fingerprint density at radius 2 is 0.964 bits per heavy atom. The summed E-state index contributed by atoms with van der Waals surface area (Å²) in [5, 5.41) is 0. The molecule has 2 aromatic rings. The molecule has 0 N–H and O–H groups in total. The molecule has 28 heavy (non-hydrogen) atoms. The topological polar surface area (TPSA) is 54.0 Å². The van der Waals surface area contributed by atoms with Crippen LogP contribution in [0.15, 0.2) is 48.5 Å². The van der Waals surface area contributed by atoms with Crippen LogP contribution in [0.2, 0.25) is 0 Å². The molecule has 0 radical (unpaired) electrons. The third-order valence-electron chi connectivity index (χ3n) is 4.08. The molecule has 152 valence electrons. The zero-order chi connectivity index (χ0) is 20.0. The quantitative estimate of drug-likeness (QED) is 0.240. The third kappa shape index (κ3) is 8.33. The molecule has 5 nitrogen and oxygen atoms in total. The van der Waals surface area contributed by atoms with Crippen molar-refractivity contribution in [3.05, 3.63) is 48.5 Å². The lowest BCUT2D eigenvalue weighted by Crippen LogP contribution is -2.13. The van der Waals surface area contributed by atoms with Crippen molar-refractivity contribution in [3.63, 3.8) is 0 Å². The van der Waals surface area contributed by atoms with Crippen molar-refractivity contribution >= 4 is 6.16 Å². The smallest absolute Gasteiger partial charge is 0.494 e. The normalized spacial score (nSPS) is 10.4. The van der Waals surface area contributed by atoms with Gasteiger partial charge >= 0.3 is 6.16 Å². The van der Waals surface area contributed by atoms with Crippen LogP contribution in [-0.4, -0.2) is 19.4 Å². The van der Waals surface area contributed by atoms with Gasteiger partial charge in [-0.3, -0.25) is 0 Å². The van der Waals surface area contributed by atoms with E-state index in [-0.39, 0.29) is 0 Å². The monoisotopic (exact) mass is 386 g/mol. The van der Waals surface area contributed by atoms with Gasteiger partial charge in [-0.05, 0) is 61.4 Å². The maximum absolute atomic E-state index is 11.9. The standard InChI is InChI=1S/C23H30O5/c1-3-5-7-17-25-19-9-13-21(14-10-19)27-23(24)28-22-15-11-20(12-16-22)26-18-8-6-4-2/h9-16H,3-8,17-18H2,1-2H3. The summed E-state index contributed by atoms with van der Waals surface area (Å²) in [4.78, 5) is 11.9. The fraction of sp³-hybridized carbons (Fsp3) is 0.435. The van der Waals surface area contributed by atoms with E-state index in [4.69, 9.17) is 18.9 Å². The molecular formula is C23H30O5. The minimum atomic E-state index is -0.784. The highest BCUT2D eigenvalue weighted by Gasteiger charge is 2.08. The van der Waals surface area contributed by atoms with Gasteiger partial charge in [-0.2, -0.15) is 0 Å². The van der Waals surface area contributed by atoms with Gasteiger partial charge < -0.3 is 18.9 Å². The summed E-state index contributed by atoms with van der Waals surface area (Å²) in [6.45, 7) is 5.69. The fourth-order valence-electron chi connectivity index (χ4n) is 2.51. The Kier molecular flexibility index (Phi) is 9.76. The van der Waals surface area contributed by atoms with Gasteiger partial charge in [0.05, 0.1) is 13.2 Å². The van der Waals surface area contributed by atoms with Crippen molar-refractivity contribution in [2.24, 2.45) is 0 Å². The Hall–Kier alpha value is -2.69. The highest BCUT2D eigenvalue weighted by atomic mass is 16.7. The van der Waals surface area contributed by atoms with Gasteiger partial charge in [0.1, 0.15) is 23.0 Å². The van der Waals surface area contributed by atoms with Crippen molar-refractivity contribution < 1.29 is 23.7 Å². The predicted octanol–water partition coefficient (Wildman–Crippen LogP) is 6.40. The lowest BCUT2D eigenvalue weighted by Gasteiger charge is -2.09. The van der Waals surface area contributed by atoms with Crippen molar-refractivity contribution in [1.82, 2.24) is 0 Å². The second-order valence-corrected chi connectivity index (χ2v) is 6.51. The number of hydrogen-bond acceptors (Lipinski definition) is 5. The molecule has 0 saturated carbocycles. The van der Waals surface area contributed by atoms with Crippen molar-refractivity contribution in [2.75, 3.05) is 13.2 Å².